The third-order valence-electron chi connectivity index (χ3n) is 4.85. The molecule has 7 nitrogen and oxygen atoms in total. The molecule has 0 aliphatic carbocycles. The van der Waals surface area contributed by atoms with Gasteiger partial charge >= 0.3 is 0 Å². The number of methoxy groups -OCH3 is 1. The van der Waals surface area contributed by atoms with Gasteiger partial charge in [-0.05, 0) is 49.2 Å². The molecule has 0 spiro atoms. The van der Waals surface area contributed by atoms with Crippen molar-refractivity contribution in [1.29, 1.82) is 0 Å². The van der Waals surface area contributed by atoms with E-state index in [1.807, 2.05) is 18.2 Å². The molecule has 8 heteroatoms. The highest BCUT2D eigenvalue weighted by Gasteiger charge is 2.34. The predicted molar refractivity (Wildman–Crippen MR) is 105 cm³/mol. The summed E-state index contributed by atoms with van der Waals surface area (Å²) in [4.78, 5) is 16.8. The summed E-state index contributed by atoms with van der Waals surface area (Å²) in [6.45, 7) is 0.754. The lowest BCUT2D eigenvalue weighted by Gasteiger charge is -2.34. The summed E-state index contributed by atoms with van der Waals surface area (Å²) < 4.78 is 32.8. The maximum Gasteiger partial charge on any atom is 0.243 e. The standard InChI is InChI=1S/C20H25N3O4S/c1-27-18-8-10-19(11-9-18)28(25,26)23-13-5-3-7-17(23)14-20(24)22-15-16-6-2-4-12-21-16/h2,4,6,8-12,17H,3,5,7,13-15H2,1H3,(H,22,24). The van der Waals surface area contributed by atoms with Crippen LogP contribution in [-0.4, -0.2) is 43.3 Å². The van der Waals surface area contributed by atoms with E-state index in [4.69, 9.17) is 4.74 Å². The second-order valence-electron chi connectivity index (χ2n) is 6.74. The first kappa shape index (κ1) is 20.3. The molecule has 0 saturated carbocycles. The van der Waals surface area contributed by atoms with E-state index >= 15 is 0 Å². The number of benzene rings is 1. The molecular weight excluding hydrogens is 378 g/mol. The monoisotopic (exact) mass is 403 g/mol. The van der Waals surface area contributed by atoms with Gasteiger partial charge in [-0.2, -0.15) is 4.31 Å². The van der Waals surface area contributed by atoms with Gasteiger partial charge in [0.15, 0.2) is 0 Å². The number of piperidine rings is 1. The van der Waals surface area contributed by atoms with E-state index in [2.05, 4.69) is 10.3 Å². The van der Waals surface area contributed by atoms with Crippen LogP contribution < -0.4 is 10.1 Å². The smallest absolute Gasteiger partial charge is 0.243 e. The highest BCUT2D eigenvalue weighted by atomic mass is 32.2. The van der Waals surface area contributed by atoms with Crippen molar-refractivity contribution in [3.63, 3.8) is 0 Å². The summed E-state index contributed by atoms with van der Waals surface area (Å²) in [6.07, 6.45) is 4.19. The van der Waals surface area contributed by atoms with Crippen LogP contribution in [0.15, 0.2) is 53.6 Å². The maximum atomic E-state index is 13.1. The van der Waals surface area contributed by atoms with Crippen LogP contribution in [0, 0.1) is 0 Å². The van der Waals surface area contributed by atoms with E-state index in [-0.39, 0.29) is 23.3 Å². The van der Waals surface area contributed by atoms with Crippen LogP contribution in [-0.2, 0) is 21.4 Å². The molecule has 1 atom stereocenters. The molecule has 0 bridgehead atoms. The third-order valence-corrected chi connectivity index (χ3v) is 6.82. The number of nitrogens with zero attached hydrogens (tertiary/aromatic N) is 2. The van der Waals surface area contributed by atoms with Gasteiger partial charge in [0.25, 0.3) is 0 Å². The van der Waals surface area contributed by atoms with Crippen LogP contribution in [0.1, 0.15) is 31.4 Å². The molecule has 1 amide bonds. The molecule has 28 heavy (non-hydrogen) atoms. The van der Waals surface area contributed by atoms with E-state index in [1.165, 1.54) is 11.4 Å². The fourth-order valence-corrected chi connectivity index (χ4v) is 5.05. The molecule has 1 aromatic carbocycles. The first-order valence-electron chi connectivity index (χ1n) is 9.33. The van der Waals surface area contributed by atoms with Gasteiger partial charge in [0.05, 0.1) is 24.2 Å². The summed E-state index contributed by atoms with van der Waals surface area (Å²) in [5.74, 6) is 0.426. The lowest BCUT2D eigenvalue weighted by atomic mass is 10.0. The minimum atomic E-state index is -3.66. The van der Waals surface area contributed by atoms with Gasteiger partial charge < -0.3 is 10.1 Å². The van der Waals surface area contributed by atoms with Crippen molar-refractivity contribution in [3.05, 3.63) is 54.4 Å². The summed E-state index contributed by atoms with van der Waals surface area (Å²) >= 11 is 0. The minimum absolute atomic E-state index is 0.141. The molecule has 2 heterocycles. The van der Waals surface area contributed by atoms with Crippen LogP contribution in [0.2, 0.25) is 0 Å². The largest absolute Gasteiger partial charge is 0.497 e. The highest BCUT2D eigenvalue weighted by molar-refractivity contribution is 7.89. The topological polar surface area (TPSA) is 88.6 Å². The SMILES string of the molecule is COc1ccc(S(=O)(=O)N2CCCCC2CC(=O)NCc2ccccn2)cc1. The number of rotatable bonds is 7. The van der Waals surface area contributed by atoms with E-state index in [9.17, 15) is 13.2 Å². The fraction of sp³-hybridized carbons (Fsp3) is 0.400. The molecule has 1 saturated heterocycles. The Bertz CT molecular complexity index is 885. The Kier molecular flexibility index (Phi) is 6.64. The second kappa shape index (κ2) is 9.16. The molecule has 1 aliphatic heterocycles. The van der Waals surface area contributed by atoms with Crippen molar-refractivity contribution in [1.82, 2.24) is 14.6 Å². The predicted octanol–water partition coefficient (Wildman–Crippen LogP) is 2.34. The number of aromatic nitrogens is 1. The molecular formula is C20H25N3O4S. The van der Waals surface area contributed by atoms with Crippen molar-refractivity contribution < 1.29 is 17.9 Å². The zero-order valence-corrected chi connectivity index (χ0v) is 16.7. The Hall–Kier alpha value is -2.45. The molecule has 1 aromatic heterocycles. The average molecular weight is 404 g/mol. The van der Waals surface area contributed by atoms with Crippen LogP contribution in [0.25, 0.3) is 0 Å². The molecule has 150 valence electrons. The number of ether oxygens (including phenoxy) is 1. The molecule has 1 fully saturated rings. The number of carbonyl (C=O) groups excluding carboxylic acids is 1. The molecule has 1 unspecified atom stereocenters. The van der Waals surface area contributed by atoms with E-state index in [1.54, 1.807) is 30.5 Å². The second-order valence-corrected chi connectivity index (χ2v) is 8.63. The zero-order valence-electron chi connectivity index (χ0n) is 15.9. The minimum Gasteiger partial charge on any atom is -0.497 e. The van der Waals surface area contributed by atoms with Gasteiger partial charge in [-0.1, -0.05) is 12.5 Å². The molecule has 1 N–H and O–H groups in total. The Balaban J connectivity index is 1.67. The van der Waals surface area contributed by atoms with E-state index in [0.29, 0.717) is 25.3 Å². The number of pyridine rings is 1. The highest BCUT2D eigenvalue weighted by Crippen LogP contribution is 2.28. The van der Waals surface area contributed by atoms with Gasteiger partial charge in [0.1, 0.15) is 5.75 Å². The molecule has 3 rings (SSSR count). The molecule has 1 aliphatic rings. The van der Waals surface area contributed by atoms with Crippen LogP contribution in [0.3, 0.4) is 0 Å². The van der Waals surface area contributed by atoms with Crippen LogP contribution in [0.5, 0.6) is 5.75 Å². The van der Waals surface area contributed by atoms with E-state index < -0.39 is 10.0 Å². The van der Waals surface area contributed by atoms with Crippen LogP contribution in [0.4, 0.5) is 0 Å². The Morgan fingerprint density at radius 2 is 2.00 bits per heavy atom. The lowest BCUT2D eigenvalue weighted by Crippen LogP contribution is -2.45. The number of nitrogens with one attached hydrogen (secondary N) is 1. The van der Waals surface area contributed by atoms with Crippen molar-refractivity contribution in [3.8, 4) is 5.75 Å². The average Bonchev–Trinajstić information content (AvgIpc) is 2.73. The van der Waals surface area contributed by atoms with Gasteiger partial charge in [-0.15, -0.1) is 0 Å². The Morgan fingerprint density at radius 1 is 1.21 bits per heavy atom. The van der Waals surface area contributed by atoms with Crippen LogP contribution >= 0.6 is 0 Å². The van der Waals surface area contributed by atoms with Gasteiger partial charge in [0.2, 0.25) is 15.9 Å². The van der Waals surface area contributed by atoms with Crippen molar-refractivity contribution >= 4 is 15.9 Å². The van der Waals surface area contributed by atoms with Gasteiger partial charge in [-0.3, -0.25) is 9.78 Å². The summed E-state index contributed by atoms with van der Waals surface area (Å²) in [7, 11) is -2.13. The number of hydrogen-bond acceptors (Lipinski definition) is 5. The first-order valence-corrected chi connectivity index (χ1v) is 10.8. The quantitative estimate of drug-likeness (QED) is 0.767. The number of carbonyl (C=O) groups is 1. The van der Waals surface area contributed by atoms with Crippen molar-refractivity contribution in [2.24, 2.45) is 0 Å². The molecule has 2 aromatic rings. The van der Waals surface area contributed by atoms with Crippen molar-refractivity contribution in [2.75, 3.05) is 13.7 Å². The summed E-state index contributed by atoms with van der Waals surface area (Å²) in [6, 6.07) is 11.5. The third kappa shape index (κ3) is 4.88. The Labute approximate surface area is 165 Å². The normalized spacial score (nSPS) is 17.8. The number of hydrogen-bond donors (Lipinski definition) is 1. The zero-order chi connectivity index (χ0) is 20.0. The van der Waals surface area contributed by atoms with Crippen molar-refractivity contribution in [2.45, 2.75) is 43.2 Å². The summed E-state index contributed by atoms with van der Waals surface area (Å²) in [5, 5.41) is 2.83. The maximum absolute atomic E-state index is 13.1. The van der Waals surface area contributed by atoms with Gasteiger partial charge in [0, 0.05) is 25.2 Å². The summed E-state index contributed by atoms with van der Waals surface area (Å²) in [5.41, 5.74) is 0.766. The number of sulfonamides is 1. The first-order chi connectivity index (χ1) is 13.5. The number of amides is 1. The molecule has 0 radical (unpaired) electrons. The van der Waals surface area contributed by atoms with Gasteiger partial charge in [-0.25, -0.2) is 8.42 Å². The lowest BCUT2D eigenvalue weighted by molar-refractivity contribution is -0.122. The fourth-order valence-electron chi connectivity index (χ4n) is 3.36. The Morgan fingerprint density at radius 3 is 2.68 bits per heavy atom. The van der Waals surface area contributed by atoms with E-state index in [0.717, 1.165) is 18.5 Å².